The monoisotopic (exact) mass is 266 g/mol. The van der Waals surface area contributed by atoms with Crippen LogP contribution in [0.4, 0.5) is 5.69 Å². The van der Waals surface area contributed by atoms with Crippen LogP contribution in [0.3, 0.4) is 0 Å². The molecule has 3 rings (SSSR count). The van der Waals surface area contributed by atoms with E-state index in [0.29, 0.717) is 5.52 Å². The first kappa shape index (κ1) is 11.0. The van der Waals surface area contributed by atoms with Crippen molar-refractivity contribution in [1.29, 1.82) is 0 Å². The smallest absolute Gasteiger partial charge is 0.408 e. The van der Waals surface area contributed by atoms with Gasteiger partial charge in [0, 0.05) is 18.9 Å². The fraction of sp³-hybridized carbons (Fsp3) is 0.182. The van der Waals surface area contributed by atoms with E-state index in [4.69, 9.17) is 16.0 Å². The molecule has 6 nitrogen and oxygen atoms in total. The number of oxazole rings is 1. The molecule has 2 aromatic rings. The first-order chi connectivity index (χ1) is 8.56. The van der Waals surface area contributed by atoms with Crippen LogP contribution in [0.25, 0.3) is 11.1 Å². The lowest BCUT2D eigenvalue weighted by Crippen LogP contribution is -2.28. The van der Waals surface area contributed by atoms with Crippen molar-refractivity contribution in [3.8, 4) is 0 Å². The second kappa shape index (κ2) is 3.71. The molecule has 1 aliphatic rings. The number of anilines is 1. The Balaban J connectivity index is 2.22. The Labute approximate surface area is 105 Å². The van der Waals surface area contributed by atoms with Crippen LogP contribution in [0.1, 0.15) is 12.8 Å². The number of carbonyl (C=O) groups excluding carboxylic acids is 2. The van der Waals surface area contributed by atoms with E-state index >= 15 is 0 Å². The summed E-state index contributed by atoms with van der Waals surface area (Å²) in [6, 6.07) is 2.87. The number of nitrogens with one attached hydrogen (secondary N) is 1. The first-order valence-corrected chi connectivity index (χ1v) is 5.62. The van der Waals surface area contributed by atoms with Crippen molar-refractivity contribution in [3.63, 3.8) is 0 Å². The number of aromatic amines is 1. The van der Waals surface area contributed by atoms with Crippen molar-refractivity contribution in [2.75, 3.05) is 4.90 Å². The second-order valence-electron chi connectivity index (χ2n) is 3.94. The van der Waals surface area contributed by atoms with E-state index in [1.54, 1.807) is 0 Å². The van der Waals surface area contributed by atoms with Crippen molar-refractivity contribution in [2.24, 2.45) is 0 Å². The van der Waals surface area contributed by atoms with Gasteiger partial charge in [-0.05, 0) is 6.07 Å². The summed E-state index contributed by atoms with van der Waals surface area (Å²) < 4.78 is 4.87. The van der Waals surface area contributed by atoms with Crippen molar-refractivity contribution in [2.45, 2.75) is 12.8 Å². The zero-order valence-electron chi connectivity index (χ0n) is 9.03. The largest absolute Gasteiger partial charge is 0.417 e. The molecule has 0 bridgehead atoms. The van der Waals surface area contributed by atoms with Crippen LogP contribution in [0.15, 0.2) is 21.3 Å². The molecule has 7 heteroatoms. The lowest BCUT2D eigenvalue weighted by Gasteiger charge is -2.14. The Morgan fingerprint density at radius 1 is 1.17 bits per heavy atom. The van der Waals surface area contributed by atoms with Crippen molar-refractivity contribution in [1.82, 2.24) is 4.98 Å². The maximum atomic E-state index is 11.6. The molecule has 0 atom stereocenters. The molecule has 1 N–H and O–H groups in total. The van der Waals surface area contributed by atoms with Crippen LogP contribution in [0, 0.1) is 0 Å². The van der Waals surface area contributed by atoms with E-state index < -0.39 is 5.76 Å². The summed E-state index contributed by atoms with van der Waals surface area (Å²) >= 11 is 6.01. The number of hydrogen-bond acceptors (Lipinski definition) is 4. The van der Waals surface area contributed by atoms with Gasteiger partial charge in [0.15, 0.2) is 5.58 Å². The van der Waals surface area contributed by atoms with Crippen molar-refractivity contribution >= 4 is 40.2 Å². The summed E-state index contributed by atoms with van der Waals surface area (Å²) in [4.78, 5) is 37.8. The fourth-order valence-electron chi connectivity index (χ4n) is 1.98. The normalized spacial score (nSPS) is 15.9. The van der Waals surface area contributed by atoms with E-state index in [0.717, 1.165) is 4.90 Å². The number of amides is 2. The Kier molecular flexibility index (Phi) is 2.27. The highest BCUT2D eigenvalue weighted by molar-refractivity contribution is 6.36. The molecule has 18 heavy (non-hydrogen) atoms. The number of nitrogens with zero attached hydrogens (tertiary/aromatic N) is 1. The average molecular weight is 267 g/mol. The third-order valence-corrected chi connectivity index (χ3v) is 3.08. The number of imide groups is 1. The fourth-order valence-corrected chi connectivity index (χ4v) is 2.22. The molecule has 1 aromatic carbocycles. The topological polar surface area (TPSA) is 83.4 Å². The minimum absolute atomic E-state index is 0.171. The van der Waals surface area contributed by atoms with Gasteiger partial charge in [-0.2, -0.15) is 0 Å². The molecule has 0 saturated carbocycles. The van der Waals surface area contributed by atoms with Crippen LogP contribution in [-0.2, 0) is 9.59 Å². The van der Waals surface area contributed by atoms with E-state index in [1.807, 2.05) is 0 Å². The summed E-state index contributed by atoms with van der Waals surface area (Å²) in [6.07, 6.45) is 0.342. The maximum absolute atomic E-state index is 11.6. The summed E-state index contributed by atoms with van der Waals surface area (Å²) in [7, 11) is 0. The molecule has 0 radical (unpaired) electrons. The van der Waals surface area contributed by atoms with E-state index in [-0.39, 0.29) is 40.9 Å². The van der Waals surface area contributed by atoms with E-state index in [9.17, 15) is 14.4 Å². The van der Waals surface area contributed by atoms with Gasteiger partial charge in [-0.25, -0.2) is 9.69 Å². The Bertz CT molecular complexity index is 714. The minimum Gasteiger partial charge on any atom is -0.408 e. The van der Waals surface area contributed by atoms with Crippen LogP contribution >= 0.6 is 11.6 Å². The van der Waals surface area contributed by atoms with Gasteiger partial charge in [0.2, 0.25) is 11.8 Å². The lowest BCUT2D eigenvalue weighted by molar-refractivity contribution is -0.121. The molecule has 92 valence electrons. The number of fused-ring (bicyclic) bond motifs is 1. The van der Waals surface area contributed by atoms with Crippen molar-refractivity contribution < 1.29 is 14.0 Å². The van der Waals surface area contributed by atoms with Gasteiger partial charge < -0.3 is 4.42 Å². The molecular formula is C11H7ClN2O4. The Morgan fingerprint density at radius 3 is 2.50 bits per heavy atom. The lowest BCUT2D eigenvalue weighted by atomic mass is 10.2. The average Bonchev–Trinajstić information content (AvgIpc) is 2.80. The number of halogens is 1. The summed E-state index contributed by atoms with van der Waals surface area (Å²) in [5, 5.41) is 0.211. The molecular weight excluding hydrogens is 260 g/mol. The number of hydrogen-bond donors (Lipinski definition) is 1. The maximum Gasteiger partial charge on any atom is 0.417 e. The van der Waals surface area contributed by atoms with Crippen LogP contribution in [-0.4, -0.2) is 16.8 Å². The van der Waals surface area contributed by atoms with Gasteiger partial charge in [-0.1, -0.05) is 11.6 Å². The van der Waals surface area contributed by atoms with Gasteiger partial charge in [0.05, 0.1) is 16.2 Å². The molecule has 0 unspecified atom stereocenters. The molecule has 2 heterocycles. The second-order valence-corrected chi connectivity index (χ2v) is 4.34. The van der Waals surface area contributed by atoms with Gasteiger partial charge in [0.1, 0.15) is 0 Å². The molecule has 0 aliphatic carbocycles. The molecule has 1 aromatic heterocycles. The minimum atomic E-state index is -0.614. The number of aromatic nitrogens is 1. The van der Waals surface area contributed by atoms with Gasteiger partial charge in [-0.3, -0.25) is 14.6 Å². The van der Waals surface area contributed by atoms with E-state index in [2.05, 4.69) is 4.98 Å². The third-order valence-electron chi connectivity index (χ3n) is 2.78. The van der Waals surface area contributed by atoms with Gasteiger partial charge >= 0.3 is 5.76 Å². The molecule has 0 spiro atoms. The third kappa shape index (κ3) is 1.53. The molecule has 1 saturated heterocycles. The first-order valence-electron chi connectivity index (χ1n) is 5.24. The number of benzene rings is 1. The van der Waals surface area contributed by atoms with Gasteiger partial charge in [-0.15, -0.1) is 0 Å². The highest BCUT2D eigenvalue weighted by Crippen LogP contribution is 2.33. The SMILES string of the molecule is O=C1CCC(=O)N1c1cc2oc(=O)[nH]c2cc1Cl. The van der Waals surface area contributed by atoms with Crippen LogP contribution in [0.5, 0.6) is 0 Å². The summed E-state index contributed by atoms with van der Waals surface area (Å²) in [5.41, 5.74) is 0.930. The van der Waals surface area contributed by atoms with E-state index in [1.165, 1.54) is 12.1 Å². The van der Waals surface area contributed by atoms with Crippen LogP contribution < -0.4 is 10.7 Å². The van der Waals surface area contributed by atoms with Gasteiger partial charge in [0.25, 0.3) is 0 Å². The number of rotatable bonds is 1. The summed E-state index contributed by atoms with van der Waals surface area (Å²) in [6.45, 7) is 0. The summed E-state index contributed by atoms with van der Waals surface area (Å²) in [5.74, 6) is -1.23. The molecule has 1 fully saturated rings. The number of H-pyrrole nitrogens is 1. The predicted octanol–water partition coefficient (Wildman–Crippen LogP) is 1.43. The molecule has 1 aliphatic heterocycles. The van der Waals surface area contributed by atoms with Crippen LogP contribution in [0.2, 0.25) is 5.02 Å². The number of carbonyl (C=O) groups is 2. The predicted molar refractivity (Wildman–Crippen MR) is 63.6 cm³/mol. The Morgan fingerprint density at radius 2 is 1.83 bits per heavy atom. The highest BCUT2D eigenvalue weighted by Gasteiger charge is 2.32. The quantitative estimate of drug-likeness (QED) is 0.792. The standard InChI is InChI=1S/C11H7ClN2O4/c12-5-3-6-8(18-11(17)13-6)4-7(5)14-9(15)1-2-10(14)16/h3-4H,1-2H2,(H,13,17). The highest BCUT2D eigenvalue weighted by atomic mass is 35.5. The zero-order valence-corrected chi connectivity index (χ0v) is 9.78. The molecule has 2 amide bonds. The van der Waals surface area contributed by atoms with Crippen molar-refractivity contribution in [3.05, 3.63) is 27.7 Å². The zero-order chi connectivity index (χ0) is 12.9. The Hall–Kier alpha value is -2.08.